The highest BCUT2D eigenvalue weighted by Crippen LogP contribution is 2.55. The van der Waals surface area contributed by atoms with Gasteiger partial charge in [-0.25, -0.2) is 9.13 Å². The minimum absolute atomic E-state index is 0.168. The van der Waals surface area contributed by atoms with E-state index in [4.69, 9.17) is 27.1 Å². The molecule has 0 saturated carbocycles. The van der Waals surface area contributed by atoms with Gasteiger partial charge in [-0.3, -0.25) is 18.1 Å². The molecule has 0 aromatic heterocycles. The predicted molar refractivity (Wildman–Crippen MR) is 127 cm³/mol. The van der Waals surface area contributed by atoms with E-state index in [1.54, 1.807) is 39.8 Å². The summed E-state index contributed by atoms with van der Waals surface area (Å²) in [5, 5.41) is 0. The van der Waals surface area contributed by atoms with Crippen LogP contribution in [-0.4, -0.2) is 26.4 Å². The Kier molecular flexibility index (Phi) is 10.5. The van der Waals surface area contributed by atoms with Crippen molar-refractivity contribution in [3.63, 3.8) is 0 Å². The van der Waals surface area contributed by atoms with Crippen molar-refractivity contribution in [2.45, 2.75) is 80.1 Å². The summed E-state index contributed by atoms with van der Waals surface area (Å²) in [6.07, 6.45) is 0. The lowest BCUT2D eigenvalue weighted by Gasteiger charge is -2.30. The van der Waals surface area contributed by atoms with Gasteiger partial charge in [0, 0.05) is 11.1 Å². The fourth-order valence-corrected chi connectivity index (χ4v) is 5.35. The van der Waals surface area contributed by atoms with Crippen molar-refractivity contribution in [3.8, 4) is 11.5 Å². The molecule has 0 aliphatic heterocycles. The Hall–Kier alpha value is -0.880. The van der Waals surface area contributed by atoms with Crippen LogP contribution in [0.3, 0.4) is 0 Å². The molecule has 0 bridgehead atoms. The average molecular weight is 495 g/mol. The highest BCUT2D eigenvalue weighted by Gasteiger charge is 2.36. The maximum absolute atomic E-state index is 13.1. The van der Waals surface area contributed by atoms with Gasteiger partial charge in [-0.05, 0) is 50.7 Å². The molecule has 10 heteroatoms. The van der Waals surface area contributed by atoms with Gasteiger partial charge < -0.3 is 9.05 Å². The first-order chi connectivity index (χ1) is 14.6. The summed E-state index contributed by atoms with van der Waals surface area (Å²) in [6, 6.07) is 3.48. The molecule has 1 aromatic carbocycles. The van der Waals surface area contributed by atoms with Crippen molar-refractivity contribution in [1.82, 2.24) is 0 Å². The van der Waals surface area contributed by atoms with Gasteiger partial charge in [0.05, 0.1) is 26.4 Å². The first-order valence-electron chi connectivity index (χ1n) is 11.0. The van der Waals surface area contributed by atoms with Crippen LogP contribution >= 0.6 is 15.6 Å². The van der Waals surface area contributed by atoms with Gasteiger partial charge >= 0.3 is 15.6 Å². The molecule has 0 heterocycles. The summed E-state index contributed by atoms with van der Waals surface area (Å²) in [4.78, 5) is 0. The Morgan fingerprint density at radius 3 is 1.03 bits per heavy atom. The molecule has 0 atom stereocenters. The molecular weight excluding hydrogens is 454 g/mol. The van der Waals surface area contributed by atoms with Gasteiger partial charge in [0.15, 0.2) is 0 Å². The smallest absolute Gasteiger partial charge is 0.404 e. The predicted octanol–water partition coefficient (Wildman–Crippen LogP) is 7.40. The second-order valence-electron chi connectivity index (χ2n) is 9.09. The van der Waals surface area contributed by atoms with Crippen LogP contribution in [0.25, 0.3) is 0 Å². The Morgan fingerprint density at radius 2 is 0.844 bits per heavy atom. The molecule has 0 amide bonds. The molecule has 0 spiro atoms. The Labute approximate surface area is 193 Å². The van der Waals surface area contributed by atoms with Crippen molar-refractivity contribution >= 4 is 15.6 Å². The summed E-state index contributed by atoms with van der Waals surface area (Å²) in [6.45, 7) is 19.4. The highest BCUT2D eigenvalue weighted by atomic mass is 31.2. The van der Waals surface area contributed by atoms with E-state index in [1.165, 1.54) is 0 Å². The van der Waals surface area contributed by atoms with E-state index < -0.39 is 26.5 Å². The topological polar surface area (TPSA) is 89.5 Å². The van der Waals surface area contributed by atoms with Crippen molar-refractivity contribution in [3.05, 3.63) is 23.3 Å². The molecule has 1 rings (SSSR count). The summed E-state index contributed by atoms with van der Waals surface area (Å²) in [5.41, 5.74) is 0.488. The maximum atomic E-state index is 13.1. The van der Waals surface area contributed by atoms with Crippen LogP contribution in [0, 0.1) is 0 Å². The minimum Gasteiger partial charge on any atom is -0.404 e. The number of rotatable bonds is 12. The molecule has 8 nitrogen and oxygen atoms in total. The van der Waals surface area contributed by atoms with E-state index in [2.05, 4.69) is 0 Å². The van der Waals surface area contributed by atoms with E-state index >= 15 is 0 Å². The lowest BCUT2D eigenvalue weighted by molar-refractivity contribution is 0.163. The van der Waals surface area contributed by atoms with Crippen molar-refractivity contribution in [2.24, 2.45) is 0 Å². The Balaban J connectivity index is 3.74. The van der Waals surface area contributed by atoms with E-state index in [1.807, 2.05) is 41.5 Å². The van der Waals surface area contributed by atoms with E-state index in [9.17, 15) is 9.13 Å². The molecule has 186 valence electrons. The molecule has 0 N–H and O–H groups in total. The van der Waals surface area contributed by atoms with Crippen LogP contribution in [0.4, 0.5) is 0 Å². The van der Waals surface area contributed by atoms with Crippen LogP contribution in [0.15, 0.2) is 12.1 Å². The zero-order valence-corrected chi connectivity index (χ0v) is 22.9. The molecular formula is C22H40O8P2. The number of phosphoric ester groups is 2. The third kappa shape index (κ3) is 8.16. The third-order valence-corrected chi connectivity index (χ3v) is 7.41. The zero-order valence-electron chi connectivity index (χ0n) is 21.1. The van der Waals surface area contributed by atoms with Gasteiger partial charge in [0.2, 0.25) is 0 Å². The molecule has 0 aliphatic rings. The summed E-state index contributed by atoms with van der Waals surface area (Å²) >= 11 is 0. The second-order valence-corrected chi connectivity index (χ2v) is 12.3. The summed E-state index contributed by atoms with van der Waals surface area (Å²) in [7, 11) is -7.66. The fourth-order valence-electron chi connectivity index (χ4n) is 2.94. The molecule has 0 radical (unpaired) electrons. The summed E-state index contributed by atoms with van der Waals surface area (Å²) in [5.74, 6) is 0.699. The fraction of sp³-hybridized carbons (Fsp3) is 0.727. The van der Waals surface area contributed by atoms with E-state index in [0.717, 1.165) is 0 Å². The van der Waals surface area contributed by atoms with Crippen LogP contribution in [0.2, 0.25) is 0 Å². The van der Waals surface area contributed by atoms with Crippen LogP contribution in [-0.2, 0) is 38.1 Å². The minimum atomic E-state index is -3.83. The largest absolute Gasteiger partial charge is 0.530 e. The zero-order chi connectivity index (χ0) is 24.8. The van der Waals surface area contributed by atoms with Crippen molar-refractivity contribution in [1.29, 1.82) is 0 Å². The molecule has 0 fully saturated rings. The SMILES string of the molecule is CCOP(=O)(OCC)Oc1cc(C(C)(C)C)c(OP(=O)(OCC)OCC)cc1C(C)(C)C. The average Bonchev–Trinajstić information content (AvgIpc) is 2.61. The lowest BCUT2D eigenvalue weighted by atomic mass is 9.81. The van der Waals surface area contributed by atoms with Crippen molar-refractivity contribution in [2.75, 3.05) is 26.4 Å². The molecule has 32 heavy (non-hydrogen) atoms. The first kappa shape index (κ1) is 29.2. The Bertz CT molecular complexity index is 750. The van der Waals surface area contributed by atoms with Gasteiger partial charge in [0.25, 0.3) is 0 Å². The van der Waals surface area contributed by atoms with Crippen LogP contribution in [0.1, 0.15) is 80.4 Å². The number of hydrogen-bond acceptors (Lipinski definition) is 8. The summed E-state index contributed by atoms with van der Waals surface area (Å²) < 4.78 is 59.4. The van der Waals surface area contributed by atoms with E-state index in [-0.39, 0.29) is 26.4 Å². The quantitative estimate of drug-likeness (QED) is 0.278. The third-order valence-electron chi connectivity index (χ3n) is 4.27. The molecule has 0 unspecified atom stereocenters. The van der Waals surface area contributed by atoms with Gasteiger partial charge in [-0.1, -0.05) is 41.5 Å². The van der Waals surface area contributed by atoms with Gasteiger partial charge in [-0.2, -0.15) is 0 Å². The maximum Gasteiger partial charge on any atom is 0.530 e. The number of hydrogen-bond donors (Lipinski definition) is 0. The lowest BCUT2D eigenvalue weighted by Crippen LogP contribution is -2.19. The number of phosphoric acid groups is 2. The van der Waals surface area contributed by atoms with Gasteiger partial charge in [0.1, 0.15) is 11.5 Å². The molecule has 1 aromatic rings. The van der Waals surface area contributed by atoms with E-state index in [0.29, 0.717) is 22.6 Å². The number of benzene rings is 1. The Morgan fingerprint density at radius 1 is 0.594 bits per heavy atom. The van der Waals surface area contributed by atoms with Crippen LogP contribution in [0.5, 0.6) is 11.5 Å². The monoisotopic (exact) mass is 494 g/mol. The first-order valence-corrected chi connectivity index (χ1v) is 13.9. The van der Waals surface area contributed by atoms with Crippen LogP contribution < -0.4 is 9.05 Å². The normalized spacial score (nSPS) is 13.3. The van der Waals surface area contributed by atoms with Gasteiger partial charge in [-0.15, -0.1) is 0 Å². The molecule has 0 aliphatic carbocycles. The molecule has 0 saturated heterocycles. The second kappa shape index (κ2) is 11.5. The standard InChI is InChI=1S/C22H40O8P2/c1-11-25-31(23,26-12-2)29-19-15-18(22(8,9)10)20(16-17(19)21(5,6)7)30-32(24,27-13-3)28-14-4/h15-16H,11-14H2,1-10H3. The van der Waals surface area contributed by atoms with Crippen molar-refractivity contribution < 1.29 is 36.3 Å². The highest BCUT2D eigenvalue weighted by molar-refractivity contribution is 7.49.